The number of nitrogens with zero attached hydrogens (tertiary/aromatic N) is 2. The van der Waals surface area contributed by atoms with Crippen LogP contribution in [-0.4, -0.2) is 45.0 Å². The molecule has 120 valence electrons. The summed E-state index contributed by atoms with van der Waals surface area (Å²) in [7, 11) is 1.53. The van der Waals surface area contributed by atoms with Crippen LogP contribution in [0.4, 0.5) is 0 Å². The molecule has 2 atom stereocenters. The van der Waals surface area contributed by atoms with Crippen LogP contribution >= 0.6 is 11.3 Å². The third-order valence-corrected chi connectivity index (χ3v) is 4.98. The number of carbonyl (C=O) groups excluding carboxylic acids is 1. The first kappa shape index (κ1) is 15.4. The summed E-state index contributed by atoms with van der Waals surface area (Å²) < 4.78 is 1.00. The highest BCUT2D eigenvalue weighted by Gasteiger charge is 2.64. The molecule has 0 radical (unpaired) electrons. The van der Waals surface area contributed by atoms with Crippen molar-refractivity contribution >= 4 is 39.4 Å². The van der Waals surface area contributed by atoms with Gasteiger partial charge in [-0.05, 0) is 12.1 Å². The van der Waals surface area contributed by atoms with Crippen LogP contribution < -0.4 is 0 Å². The fourth-order valence-electron chi connectivity index (χ4n) is 2.76. The SMILES string of the molecule is CN(Cc1nc2ccccc2s1)C(=O)C1C(C(=O)O)C1C(=O)O. The topological polar surface area (TPSA) is 108 Å². The first-order valence-corrected chi connectivity index (χ1v) is 7.77. The zero-order valence-electron chi connectivity index (χ0n) is 12.2. The van der Waals surface area contributed by atoms with Crippen LogP contribution in [0.15, 0.2) is 24.3 Å². The number of carboxylic acid groups (broad SMARTS) is 2. The maximum atomic E-state index is 12.3. The molecular weight excluding hydrogens is 320 g/mol. The Morgan fingerprint density at radius 2 is 1.74 bits per heavy atom. The highest BCUT2D eigenvalue weighted by atomic mass is 32.1. The number of hydrogen-bond acceptors (Lipinski definition) is 5. The van der Waals surface area contributed by atoms with Gasteiger partial charge in [-0.15, -0.1) is 11.3 Å². The minimum atomic E-state index is -1.25. The molecule has 1 amide bonds. The normalized spacial score (nSPS) is 22.7. The average molecular weight is 334 g/mol. The molecule has 1 saturated carbocycles. The number of carboxylic acids is 2. The molecular formula is C15H14N2O5S. The van der Waals surface area contributed by atoms with E-state index in [9.17, 15) is 14.4 Å². The van der Waals surface area contributed by atoms with Crippen molar-refractivity contribution in [3.8, 4) is 0 Å². The standard InChI is InChI=1S/C15H14N2O5S/c1-17(6-9-16-7-4-2-3-5-8(7)23-9)13(18)10-11(14(19)20)12(10)15(21)22/h2-5,10-12H,6H2,1H3,(H,19,20)(H,21,22). The van der Waals surface area contributed by atoms with Crippen molar-refractivity contribution in [3.63, 3.8) is 0 Å². The van der Waals surface area contributed by atoms with E-state index in [2.05, 4.69) is 4.98 Å². The van der Waals surface area contributed by atoms with Crippen LogP contribution in [0.3, 0.4) is 0 Å². The Bertz CT molecular complexity index is 749. The molecule has 3 rings (SSSR count). The molecule has 23 heavy (non-hydrogen) atoms. The summed E-state index contributed by atoms with van der Waals surface area (Å²) in [5.41, 5.74) is 0.839. The Morgan fingerprint density at radius 3 is 2.30 bits per heavy atom. The van der Waals surface area contributed by atoms with Crippen molar-refractivity contribution in [2.75, 3.05) is 7.05 Å². The highest BCUT2D eigenvalue weighted by Crippen LogP contribution is 2.47. The molecule has 1 aromatic carbocycles. The molecule has 1 aliphatic rings. The molecule has 2 aromatic rings. The van der Waals surface area contributed by atoms with Crippen LogP contribution in [0.25, 0.3) is 10.2 Å². The van der Waals surface area contributed by atoms with Crippen molar-refractivity contribution in [1.29, 1.82) is 0 Å². The van der Waals surface area contributed by atoms with Crippen molar-refractivity contribution < 1.29 is 24.6 Å². The monoisotopic (exact) mass is 334 g/mol. The smallest absolute Gasteiger partial charge is 0.308 e. The van der Waals surface area contributed by atoms with Gasteiger partial charge in [0.15, 0.2) is 0 Å². The van der Waals surface area contributed by atoms with E-state index in [0.29, 0.717) is 0 Å². The van der Waals surface area contributed by atoms with Gasteiger partial charge in [-0.2, -0.15) is 0 Å². The lowest BCUT2D eigenvalue weighted by Gasteiger charge is -2.15. The third kappa shape index (κ3) is 2.77. The summed E-state index contributed by atoms with van der Waals surface area (Å²) >= 11 is 1.45. The van der Waals surface area contributed by atoms with E-state index in [0.717, 1.165) is 15.2 Å². The Morgan fingerprint density at radius 1 is 1.13 bits per heavy atom. The van der Waals surface area contributed by atoms with Gasteiger partial charge >= 0.3 is 11.9 Å². The van der Waals surface area contributed by atoms with Crippen LogP contribution in [0.2, 0.25) is 0 Å². The summed E-state index contributed by atoms with van der Waals surface area (Å²) in [4.78, 5) is 40.2. The summed E-state index contributed by atoms with van der Waals surface area (Å²) in [5.74, 6) is -6.24. The van der Waals surface area contributed by atoms with Gasteiger partial charge in [0.2, 0.25) is 5.91 Å². The molecule has 1 fully saturated rings. The maximum absolute atomic E-state index is 12.3. The predicted molar refractivity (Wildman–Crippen MR) is 81.8 cm³/mol. The number of hydrogen-bond donors (Lipinski definition) is 2. The molecule has 0 bridgehead atoms. The van der Waals surface area contributed by atoms with E-state index >= 15 is 0 Å². The second-order valence-electron chi connectivity index (χ2n) is 5.52. The van der Waals surface area contributed by atoms with Crippen LogP contribution in [0.5, 0.6) is 0 Å². The zero-order chi connectivity index (χ0) is 16.7. The lowest BCUT2D eigenvalue weighted by molar-refractivity contribution is -0.144. The largest absolute Gasteiger partial charge is 0.481 e. The van der Waals surface area contributed by atoms with Gasteiger partial charge in [-0.3, -0.25) is 14.4 Å². The molecule has 2 N–H and O–H groups in total. The number of aliphatic carboxylic acids is 2. The van der Waals surface area contributed by atoms with Crippen molar-refractivity contribution in [2.45, 2.75) is 6.54 Å². The van der Waals surface area contributed by atoms with Gasteiger partial charge < -0.3 is 15.1 Å². The van der Waals surface area contributed by atoms with Gasteiger partial charge in [-0.25, -0.2) is 4.98 Å². The molecule has 8 heteroatoms. The zero-order valence-corrected chi connectivity index (χ0v) is 13.0. The van der Waals surface area contributed by atoms with E-state index in [4.69, 9.17) is 10.2 Å². The Kier molecular flexibility index (Phi) is 3.77. The van der Waals surface area contributed by atoms with Gasteiger partial charge in [0, 0.05) is 7.05 Å². The second-order valence-corrected chi connectivity index (χ2v) is 6.64. The van der Waals surface area contributed by atoms with E-state index in [1.54, 1.807) is 0 Å². The van der Waals surface area contributed by atoms with Crippen LogP contribution in [-0.2, 0) is 20.9 Å². The lowest BCUT2D eigenvalue weighted by Crippen LogP contribution is -2.29. The fraction of sp³-hybridized carbons (Fsp3) is 0.333. The summed E-state index contributed by atoms with van der Waals surface area (Å²) in [6.07, 6.45) is 0. The summed E-state index contributed by atoms with van der Waals surface area (Å²) in [6.45, 7) is 0.230. The van der Waals surface area contributed by atoms with E-state index < -0.39 is 35.6 Å². The minimum Gasteiger partial charge on any atom is -0.481 e. The van der Waals surface area contributed by atoms with Gasteiger partial charge in [0.1, 0.15) is 5.01 Å². The molecule has 0 spiro atoms. The second kappa shape index (κ2) is 5.62. The summed E-state index contributed by atoms with van der Waals surface area (Å²) in [6, 6.07) is 7.58. The number of fused-ring (bicyclic) bond motifs is 1. The van der Waals surface area contributed by atoms with Crippen molar-refractivity contribution in [1.82, 2.24) is 9.88 Å². The molecule has 1 aliphatic carbocycles. The van der Waals surface area contributed by atoms with Gasteiger partial charge in [0.25, 0.3) is 0 Å². The number of amides is 1. The molecule has 7 nitrogen and oxygen atoms in total. The van der Waals surface area contributed by atoms with Crippen molar-refractivity contribution in [3.05, 3.63) is 29.3 Å². The first-order valence-electron chi connectivity index (χ1n) is 6.95. The number of thiazole rings is 1. The molecule has 2 unspecified atom stereocenters. The van der Waals surface area contributed by atoms with E-state index in [-0.39, 0.29) is 6.54 Å². The number of aromatic nitrogens is 1. The molecule has 0 aliphatic heterocycles. The number of rotatable bonds is 5. The maximum Gasteiger partial charge on any atom is 0.308 e. The molecule has 0 saturated heterocycles. The quantitative estimate of drug-likeness (QED) is 0.853. The lowest BCUT2D eigenvalue weighted by atomic mass is 10.2. The minimum absolute atomic E-state index is 0.230. The van der Waals surface area contributed by atoms with E-state index in [1.807, 2.05) is 24.3 Å². The predicted octanol–water partition coefficient (Wildman–Crippen LogP) is 1.29. The van der Waals surface area contributed by atoms with Crippen molar-refractivity contribution in [2.24, 2.45) is 17.8 Å². The first-order chi connectivity index (χ1) is 10.9. The Balaban J connectivity index is 1.72. The molecule has 1 heterocycles. The Labute approximate surface area is 135 Å². The number of para-hydroxylation sites is 1. The van der Waals surface area contributed by atoms with Crippen LogP contribution in [0, 0.1) is 17.8 Å². The fourth-order valence-corrected chi connectivity index (χ4v) is 3.78. The highest BCUT2D eigenvalue weighted by molar-refractivity contribution is 7.18. The number of benzene rings is 1. The molecule has 1 aromatic heterocycles. The summed E-state index contributed by atoms with van der Waals surface area (Å²) in [5, 5.41) is 18.8. The third-order valence-electron chi connectivity index (χ3n) is 3.96. The van der Waals surface area contributed by atoms with Crippen LogP contribution in [0.1, 0.15) is 5.01 Å². The Hall–Kier alpha value is -2.48. The number of carbonyl (C=O) groups is 3. The van der Waals surface area contributed by atoms with E-state index in [1.165, 1.54) is 23.3 Å². The average Bonchev–Trinajstić information content (AvgIpc) is 3.13. The van der Waals surface area contributed by atoms with Gasteiger partial charge in [-0.1, -0.05) is 12.1 Å². The van der Waals surface area contributed by atoms with Gasteiger partial charge in [0.05, 0.1) is 34.5 Å².